The Morgan fingerprint density at radius 2 is 1.67 bits per heavy atom. The quantitative estimate of drug-likeness (QED) is 0.178. The normalized spacial score (nSPS) is 18.9. The van der Waals surface area contributed by atoms with Crippen LogP contribution in [0.25, 0.3) is 0 Å². The van der Waals surface area contributed by atoms with Gasteiger partial charge in [0.15, 0.2) is 6.29 Å². The average Bonchev–Trinajstić information content (AvgIpc) is 2.96. The first kappa shape index (κ1) is 28.8. The monoisotopic (exact) mass is 550 g/mol. The minimum Gasteiger partial charge on any atom is -0.481 e. The number of hydrogen-bond donors (Lipinski definition) is 3. The van der Waals surface area contributed by atoms with Crippen molar-refractivity contribution in [3.8, 4) is 0 Å². The van der Waals surface area contributed by atoms with E-state index in [1.807, 2.05) is 66.7 Å². The van der Waals surface area contributed by atoms with Crippen molar-refractivity contribution in [2.75, 3.05) is 11.1 Å². The van der Waals surface area contributed by atoms with Crippen molar-refractivity contribution in [1.29, 1.82) is 0 Å². The Morgan fingerprint density at radius 1 is 0.923 bits per heavy atom. The molecule has 3 unspecified atom stereocenters. The number of benzene rings is 2. The van der Waals surface area contributed by atoms with Gasteiger partial charge < -0.3 is 25.0 Å². The number of anilines is 1. The van der Waals surface area contributed by atoms with Crippen LogP contribution in [0.4, 0.5) is 5.69 Å². The van der Waals surface area contributed by atoms with Gasteiger partial charge in [-0.05, 0) is 48.2 Å². The predicted molar refractivity (Wildman–Crippen MR) is 149 cm³/mol. The molecule has 1 aliphatic rings. The molecular weight excluding hydrogens is 516 g/mol. The maximum absolute atomic E-state index is 12.3. The molecule has 0 spiro atoms. The molecular formula is C30H34N2O6S. The van der Waals surface area contributed by atoms with E-state index >= 15 is 0 Å². The molecule has 0 saturated carbocycles. The molecule has 0 bridgehead atoms. The lowest BCUT2D eigenvalue weighted by Gasteiger charge is -2.36. The standard InChI is InChI=1S/C30H34N2O6S/c33-19-21-9-11-22(12-10-21)26-18-25(20-39-28-7-4-5-17-31-28)37-30(38-26)23-13-15-24(16-14-23)32-27(34)6-2-1-3-8-29(35)36/h4-5,7,9-17,25-26,30,33H,1-3,6,8,18-20H2,(H,32,34)(H,35,36). The van der Waals surface area contributed by atoms with Gasteiger partial charge in [-0.3, -0.25) is 9.59 Å². The Morgan fingerprint density at radius 3 is 2.36 bits per heavy atom. The summed E-state index contributed by atoms with van der Waals surface area (Å²) in [6.07, 6.45) is 4.07. The Balaban J connectivity index is 1.38. The van der Waals surface area contributed by atoms with E-state index in [2.05, 4.69) is 10.3 Å². The van der Waals surface area contributed by atoms with E-state index in [4.69, 9.17) is 14.6 Å². The molecule has 3 aromatic rings. The lowest BCUT2D eigenvalue weighted by atomic mass is 10.0. The Kier molecular flexibility index (Phi) is 10.9. The van der Waals surface area contributed by atoms with Gasteiger partial charge in [-0.15, -0.1) is 11.8 Å². The van der Waals surface area contributed by atoms with Crippen LogP contribution in [0.1, 0.15) is 67.6 Å². The molecule has 3 N–H and O–H groups in total. The van der Waals surface area contributed by atoms with Gasteiger partial charge in [0.2, 0.25) is 5.91 Å². The number of nitrogens with zero attached hydrogens (tertiary/aromatic N) is 1. The second-order valence-electron chi connectivity index (χ2n) is 9.45. The second kappa shape index (κ2) is 14.8. The SMILES string of the molecule is O=C(O)CCCCCC(=O)Nc1ccc(C2OC(CSc3ccccn3)CC(c3ccc(CO)cc3)O2)cc1. The number of aliphatic hydroxyl groups excluding tert-OH is 1. The van der Waals surface area contributed by atoms with Crippen LogP contribution in [0.3, 0.4) is 0 Å². The predicted octanol–water partition coefficient (Wildman–Crippen LogP) is 5.89. The highest BCUT2D eigenvalue weighted by Crippen LogP contribution is 2.39. The van der Waals surface area contributed by atoms with E-state index < -0.39 is 12.3 Å². The number of hydrogen-bond acceptors (Lipinski definition) is 7. The van der Waals surface area contributed by atoms with Gasteiger partial charge in [0.1, 0.15) is 0 Å². The molecule has 1 saturated heterocycles. The number of nitrogens with one attached hydrogen (secondary N) is 1. The Labute approximate surface area is 232 Å². The molecule has 39 heavy (non-hydrogen) atoms. The fourth-order valence-corrected chi connectivity index (χ4v) is 5.20. The average molecular weight is 551 g/mol. The van der Waals surface area contributed by atoms with Crippen LogP contribution in [-0.4, -0.2) is 38.9 Å². The number of carbonyl (C=O) groups excluding carboxylic acids is 1. The zero-order chi connectivity index (χ0) is 27.5. The number of rotatable bonds is 13. The number of aliphatic hydroxyl groups is 1. The molecule has 3 atom stereocenters. The number of thioether (sulfide) groups is 1. The Hall–Kier alpha value is -3.24. The number of unbranched alkanes of at least 4 members (excludes halogenated alkanes) is 2. The first-order valence-corrected chi connectivity index (χ1v) is 14.1. The van der Waals surface area contributed by atoms with Crippen LogP contribution >= 0.6 is 11.8 Å². The number of aromatic nitrogens is 1. The first-order chi connectivity index (χ1) is 19.0. The van der Waals surface area contributed by atoms with Gasteiger partial charge in [-0.2, -0.15) is 0 Å². The maximum Gasteiger partial charge on any atom is 0.303 e. The molecule has 1 aliphatic heterocycles. The number of amides is 1. The largest absolute Gasteiger partial charge is 0.481 e. The number of carbonyl (C=O) groups is 2. The highest BCUT2D eigenvalue weighted by atomic mass is 32.2. The zero-order valence-electron chi connectivity index (χ0n) is 21.7. The summed E-state index contributed by atoms with van der Waals surface area (Å²) >= 11 is 1.65. The number of aliphatic carboxylic acids is 1. The van der Waals surface area contributed by atoms with Crippen LogP contribution in [0, 0.1) is 0 Å². The van der Waals surface area contributed by atoms with Crippen molar-refractivity contribution >= 4 is 29.3 Å². The molecule has 1 amide bonds. The summed E-state index contributed by atoms with van der Waals surface area (Å²) in [4.78, 5) is 27.3. The van der Waals surface area contributed by atoms with Crippen LogP contribution < -0.4 is 5.32 Å². The Bertz CT molecular complexity index is 1190. The van der Waals surface area contributed by atoms with Gasteiger partial charge in [0.05, 0.1) is 23.8 Å². The molecule has 1 fully saturated rings. The lowest BCUT2D eigenvalue weighted by molar-refractivity contribution is -0.245. The minimum atomic E-state index is -0.810. The summed E-state index contributed by atoms with van der Waals surface area (Å²) in [5.41, 5.74) is 3.41. The molecule has 4 rings (SSSR count). The van der Waals surface area contributed by atoms with Crippen LogP contribution in [0.2, 0.25) is 0 Å². The van der Waals surface area contributed by atoms with Crippen molar-refractivity contribution in [3.63, 3.8) is 0 Å². The molecule has 0 aliphatic carbocycles. The molecule has 9 heteroatoms. The van der Waals surface area contributed by atoms with E-state index in [0.29, 0.717) is 37.8 Å². The highest BCUT2D eigenvalue weighted by Gasteiger charge is 2.32. The molecule has 206 valence electrons. The van der Waals surface area contributed by atoms with Gasteiger partial charge in [-0.1, -0.05) is 48.9 Å². The van der Waals surface area contributed by atoms with Crippen LogP contribution in [0.15, 0.2) is 78.0 Å². The third kappa shape index (κ3) is 9.18. The molecule has 2 heterocycles. The van der Waals surface area contributed by atoms with E-state index in [1.54, 1.807) is 18.0 Å². The van der Waals surface area contributed by atoms with E-state index in [0.717, 1.165) is 27.5 Å². The zero-order valence-corrected chi connectivity index (χ0v) is 22.5. The second-order valence-corrected chi connectivity index (χ2v) is 10.5. The minimum absolute atomic E-state index is 0.00547. The summed E-state index contributed by atoms with van der Waals surface area (Å²) in [5, 5.41) is 21.9. The van der Waals surface area contributed by atoms with Crippen molar-refractivity contribution in [2.24, 2.45) is 0 Å². The summed E-state index contributed by atoms with van der Waals surface area (Å²) in [6.45, 7) is -0.00547. The number of carboxylic acids is 1. The van der Waals surface area contributed by atoms with Gasteiger partial charge in [0, 0.05) is 42.5 Å². The summed E-state index contributed by atoms with van der Waals surface area (Å²) in [5.74, 6) is -0.182. The summed E-state index contributed by atoms with van der Waals surface area (Å²) in [6, 6.07) is 21.1. The van der Waals surface area contributed by atoms with E-state index in [-0.39, 0.29) is 31.1 Å². The van der Waals surface area contributed by atoms with Crippen molar-refractivity contribution in [1.82, 2.24) is 4.98 Å². The third-order valence-corrected chi connectivity index (χ3v) is 7.51. The fourth-order valence-electron chi connectivity index (χ4n) is 4.32. The maximum atomic E-state index is 12.3. The number of pyridine rings is 1. The van der Waals surface area contributed by atoms with Crippen LogP contribution in [0.5, 0.6) is 0 Å². The molecule has 0 radical (unpaired) electrons. The van der Waals surface area contributed by atoms with Gasteiger partial charge >= 0.3 is 5.97 Å². The molecule has 8 nitrogen and oxygen atoms in total. The number of ether oxygens (including phenoxy) is 2. The molecule has 1 aromatic heterocycles. The third-order valence-electron chi connectivity index (χ3n) is 6.43. The first-order valence-electron chi connectivity index (χ1n) is 13.2. The number of carboxylic acid groups (broad SMARTS) is 1. The van der Waals surface area contributed by atoms with Crippen molar-refractivity contribution in [2.45, 2.75) is 68.7 Å². The van der Waals surface area contributed by atoms with Crippen molar-refractivity contribution < 1.29 is 29.3 Å². The van der Waals surface area contributed by atoms with Crippen LogP contribution in [-0.2, 0) is 25.7 Å². The summed E-state index contributed by atoms with van der Waals surface area (Å²) < 4.78 is 12.8. The van der Waals surface area contributed by atoms with Gasteiger partial charge in [0.25, 0.3) is 0 Å². The summed E-state index contributed by atoms with van der Waals surface area (Å²) in [7, 11) is 0. The topological polar surface area (TPSA) is 118 Å². The van der Waals surface area contributed by atoms with E-state index in [9.17, 15) is 14.7 Å². The smallest absolute Gasteiger partial charge is 0.303 e. The van der Waals surface area contributed by atoms with E-state index in [1.165, 1.54) is 0 Å². The van der Waals surface area contributed by atoms with Crippen molar-refractivity contribution in [3.05, 3.63) is 89.6 Å². The fraction of sp³-hybridized carbons (Fsp3) is 0.367. The van der Waals surface area contributed by atoms with Gasteiger partial charge in [-0.25, -0.2) is 4.98 Å². The highest BCUT2D eigenvalue weighted by molar-refractivity contribution is 7.99. The molecule has 2 aromatic carbocycles. The lowest BCUT2D eigenvalue weighted by Crippen LogP contribution is -2.31.